The van der Waals surface area contributed by atoms with Crippen LogP contribution in [0, 0.1) is 17.7 Å². The van der Waals surface area contributed by atoms with Gasteiger partial charge in [-0.25, -0.2) is 4.39 Å². The number of hydrogen-bond donors (Lipinski definition) is 1. The summed E-state index contributed by atoms with van der Waals surface area (Å²) in [5.74, 6) is 1.50. The molecule has 124 valence electrons. The van der Waals surface area contributed by atoms with Crippen LogP contribution in [0.4, 0.5) is 4.39 Å². The number of nitrogens with one attached hydrogen (secondary N) is 1. The van der Waals surface area contributed by atoms with Gasteiger partial charge in [-0.05, 0) is 68.2 Å². The number of carbonyl (C=O) groups is 1. The van der Waals surface area contributed by atoms with Crippen molar-refractivity contribution in [2.24, 2.45) is 11.8 Å². The molecule has 0 saturated heterocycles. The molecule has 3 atom stereocenters. The van der Waals surface area contributed by atoms with Crippen LogP contribution in [0.1, 0.15) is 60.5 Å². The average Bonchev–Trinajstić information content (AvgIpc) is 3.23. The number of aromatic nitrogens is 1. The Bertz CT molecular complexity index is 830. The molecule has 3 fully saturated rings. The van der Waals surface area contributed by atoms with Crippen molar-refractivity contribution in [1.29, 1.82) is 0 Å². The van der Waals surface area contributed by atoms with Crippen molar-refractivity contribution >= 4 is 16.8 Å². The molecular weight excluding hydrogens is 303 g/mol. The normalized spacial score (nSPS) is 28.5. The minimum Gasteiger partial charge on any atom is -0.349 e. The van der Waals surface area contributed by atoms with Crippen LogP contribution in [0.15, 0.2) is 24.3 Å². The lowest BCUT2D eigenvalue weighted by Gasteiger charge is -2.23. The zero-order valence-electron chi connectivity index (χ0n) is 13.6. The van der Waals surface area contributed by atoms with Crippen molar-refractivity contribution < 1.29 is 9.18 Å². The van der Waals surface area contributed by atoms with Crippen molar-refractivity contribution in [3.05, 3.63) is 41.3 Å². The largest absolute Gasteiger partial charge is 0.349 e. The number of rotatable bonds is 3. The van der Waals surface area contributed by atoms with Gasteiger partial charge in [0.2, 0.25) is 0 Å². The first-order valence-electron chi connectivity index (χ1n) is 9.08. The monoisotopic (exact) mass is 324 g/mol. The highest BCUT2D eigenvalue weighted by molar-refractivity contribution is 6.06. The van der Waals surface area contributed by atoms with Crippen LogP contribution < -0.4 is 5.32 Å². The molecular formula is C20H21FN2O. The summed E-state index contributed by atoms with van der Waals surface area (Å²) in [5.41, 5.74) is 2.29. The number of pyridine rings is 1. The van der Waals surface area contributed by atoms with Crippen molar-refractivity contribution in [3.8, 4) is 0 Å². The first-order chi connectivity index (χ1) is 11.7. The van der Waals surface area contributed by atoms with Gasteiger partial charge in [0.25, 0.3) is 5.91 Å². The maximum atomic E-state index is 13.7. The van der Waals surface area contributed by atoms with Crippen molar-refractivity contribution in [3.63, 3.8) is 0 Å². The molecule has 0 aliphatic heterocycles. The molecule has 0 spiro atoms. The number of fused-ring (bicyclic) bond motifs is 3. The minimum atomic E-state index is -0.322. The van der Waals surface area contributed by atoms with Crippen molar-refractivity contribution in [1.82, 2.24) is 10.3 Å². The lowest BCUT2D eigenvalue weighted by molar-refractivity contribution is 0.0924. The van der Waals surface area contributed by atoms with Crippen molar-refractivity contribution in [2.45, 2.75) is 50.5 Å². The van der Waals surface area contributed by atoms with Crippen LogP contribution in [0.2, 0.25) is 0 Å². The summed E-state index contributed by atoms with van der Waals surface area (Å²) in [5, 5.41) is 3.86. The molecule has 1 amide bonds. The Morgan fingerprint density at radius 1 is 1.12 bits per heavy atom. The first kappa shape index (κ1) is 14.4. The second-order valence-electron chi connectivity index (χ2n) is 7.79. The molecule has 3 aliphatic rings. The predicted octanol–water partition coefficient (Wildman–Crippen LogP) is 4.17. The molecule has 3 unspecified atom stereocenters. The molecule has 1 aromatic carbocycles. The van der Waals surface area contributed by atoms with E-state index in [9.17, 15) is 9.18 Å². The van der Waals surface area contributed by atoms with Gasteiger partial charge in [-0.1, -0.05) is 6.42 Å². The van der Waals surface area contributed by atoms with Gasteiger partial charge < -0.3 is 5.32 Å². The Labute approximate surface area is 140 Å². The topological polar surface area (TPSA) is 42.0 Å². The summed E-state index contributed by atoms with van der Waals surface area (Å²) in [4.78, 5) is 17.6. The number of nitrogens with zero attached hydrogens (tertiary/aromatic N) is 1. The number of carbonyl (C=O) groups excluding carboxylic acids is 1. The van der Waals surface area contributed by atoms with Crippen LogP contribution in [-0.2, 0) is 0 Å². The smallest absolute Gasteiger partial charge is 0.252 e. The molecule has 3 nitrogen and oxygen atoms in total. The highest BCUT2D eigenvalue weighted by atomic mass is 19.1. The fraction of sp³-hybridized carbons (Fsp3) is 0.500. The standard InChI is InChI=1S/C20H21FN2O/c21-14-5-6-17-15(9-14)16(10-19(22-17)12-3-4-12)20(24)23-18-8-11-1-2-13(18)7-11/h5-6,9-13,18H,1-4,7-8H2,(H,23,24). The van der Waals surface area contributed by atoms with Gasteiger partial charge in [-0.2, -0.15) is 0 Å². The van der Waals surface area contributed by atoms with E-state index in [-0.39, 0.29) is 17.8 Å². The van der Waals surface area contributed by atoms with Gasteiger partial charge in [0.05, 0.1) is 11.1 Å². The van der Waals surface area contributed by atoms with Crippen LogP contribution in [0.5, 0.6) is 0 Å². The maximum absolute atomic E-state index is 13.7. The predicted molar refractivity (Wildman–Crippen MR) is 90.4 cm³/mol. The second-order valence-corrected chi connectivity index (χ2v) is 7.79. The molecule has 24 heavy (non-hydrogen) atoms. The van der Waals surface area contributed by atoms with Crippen LogP contribution in [-0.4, -0.2) is 16.9 Å². The second kappa shape index (κ2) is 5.27. The summed E-state index contributed by atoms with van der Waals surface area (Å²) in [6, 6.07) is 6.72. The van der Waals surface area contributed by atoms with E-state index in [1.165, 1.54) is 31.4 Å². The molecule has 1 N–H and O–H groups in total. The Morgan fingerprint density at radius 3 is 2.71 bits per heavy atom. The third kappa shape index (κ3) is 2.40. The van der Waals surface area contributed by atoms with E-state index in [4.69, 9.17) is 0 Å². The van der Waals surface area contributed by atoms with Crippen LogP contribution in [0.25, 0.3) is 10.9 Å². The molecule has 3 saturated carbocycles. The number of benzene rings is 1. The zero-order chi connectivity index (χ0) is 16.3. The number of halogens is 1. The SMILES string of the molecule is O=C(NC1CC2CCC1C2)c1cc(C2CC2)nc2ccc(F)cc12. The fourth-order valence-electron chi connectivity index (χ4n) is 4.66. The van der Waals surface area contributed by atoms with Crippen LogP contribution in [0.3, 0.4) is 0 Å². The fourth-order valence-corrected chi connectivity index (χ4v) is 4.66. The van der Waals surface area contributed by atoms with E-state index in [2.05, 4.69) is 10.3 Å². The van der Waals surface area contributed by atoms with Gasteiger partial charge in [0.1, 0.15) is 5.82 Å². The number of hydrogen-bond acceptors (Lipinski definition) is 2. The van der Waals surface area contributed by atoms with Gasteiger partial charge in [-0.3, -0.25) is 9.78 Å². The molecule has 2 bridgehead atoms. The van der Waals surface area contributed by atoms with E-state index in [0.717, 1.165) is 36.4 Å². The summed E-state index contributed by atoms with van der Waals surface area (Å²) in [7, 11) is 0. The zero-order valence-corrected chi connectivity index (χ0v) is 13.6. The summed E-state index contributed by atoms with van der Waals surface area (Å²) in [6.07, 6.45) is 7.16. The maximum Gasteiger partial charge on any atom is 0.252 e. The van der Waals surface area contributed by atoms with Gasteiger partial charge in [0, 0.05) is 23.0 Å². The molecule has 3 aliphatic carbocycles. The molecule has 5 rings (SSSR count). The highest BCUT2D eigenvalue weighted by Gasteiger charge is 2.40. The third-order valence-electron chi connectivity index (χ3n) is 6.09. The third-order valence-corrected chi connectivity index (χ3v) is 6.09. The highest BCUT2D eigenvalue weighted by Crippen LogP contribution is 2.44. The summed E-state index contributed by atoms with van der Waals surface area (Å²) < 4.78 is 13.7. The van der Waals surface area contributed by atoms with Gasteiger partial charge >= 0.3 is 0 Å². The summed E-state index contributed by atoms with van der Waals surface area (Å²) >= 11 is 0. The molecule has 1 heterocycles. The van der Waals surface area contributed by atoms with Crippen molar-refractivity contribution in [2.75, 3.05) is 0 Å². The van der Waals surface area contributed by atoms with E-state index >= 15 is 0 Å². The lowest BCUT2D eigenvalue weighted by Crippen LogP contribution is -2.38. The Morgan fingerprint density at radius 2 is 2.00 bits per heavy atom. The first-order valence-corrected chi connectivity index (χ1v) is 9.08. The lowest BCUT2D eigenvalue weighted by atomic mass is 9.95. The van der Waals surface area contributed by atoms with Crippen LogP contribution >= 0.6 is 0 Å². The number of amides is 1. The minimum absolute atomic E-state index is 0.0625. The molecule has 0 radical (unpaired) electrons. The summed E-state index contributed by atoms with van der Waals surface area (Å²) in [6.45, 7) is 0. The Kier molecular flexibility index (Phi) is 3.15. The van der Waals surface area contributed by atoms with Gasteiger partial charge in [-0.15, -0.1) is 0 Å². The van der Waals surface area contributed by atoms with E-state index < -0.39 is 0 Å². The average molecular weight is 324 g/mol. The van der Waals surface area contributed by atoms with E-state index in [0.29, 0.717) is 22.8 Å². The Balaban J connectivity index is 1.51. The van der Waals surface area contributed by atoms with E-state index in [1.807, 2.05) is 6.07 Å². The molecule has 1 aromatic heterocycles. The molecule has 4 heteroatoms. The molecule has 2 aromatic rings. The van der Waals surface area contributed by atoms with E-state index in [1.54, 1.807) is 6.07 Å². The quantitative estimate of drug-likeness (QED) is 0.921. The van der Waals surface area contributed by atoms with Gasteiger partial charge in [0.15, 0.2) is 0 Å². The Hall–Kier alpha value is -1.97.